The molecule has 6 heteroatoms. The van der Waals surface area contributed by atoms with Crippen LogP contribution in [0.3, 0.4) is 0 Å². The van der Waals surface area contributed by atoms with E-state index in [2.05, 4.69) is 21.6 Å². The molecule has 0 aliphatic rings. The molecule has 1 atom stereocenters. The van der Waals surface area contributed by atoms with Crippen LogP contribution in [0.5, 0.6) is 5.75 Å². The number of methoxy groups -OCH3 is 1. The van der Waals surface area contributed by atoms with Gasteiger partial charge in [-0.1, -0.05) is 25.5 Å². The summed E-state index contributed by atoms with van der Waals surface area (Å²) in [5, 5.41) is 4.09. The lowest BCUT2D eigenvalue weighted by molar-refractivity contribution is 0.414. The van der Waals surface area contributed by atoms with Crippen molar-refractivity contribution in [3.8, 4) is 5.75 Å². The summed E-state index contributed by atoms with van der Waals surface area (Å²) in [6, 6.07) is 8.13. The highest BCUT2D eigenvalue weighted by molar-refractivity contribution is 7.09. The number of ether oxygens (including phenoxy) is 1. The Morgan fingerprint density at radius 1 is 1.33 bits per heavy atom. The van der Waals surface area contributed by atoms with Crippen LogP contribution in [0.4, 0.5) is 5.13 Å². The van der Waals surface area contributed by atoms with E-state index in [9.17, 15) is 0 Å². The Kier molecular flexibility index (Phi) is 5.95. The molecule has 21 heavy (non-hydrogen) atoms. The molecule has 5 nitrogen and oxygen atoms in total. The molecule has 0 saturated heterocycles. The van der Waals surface area contributed by atoms with Gasteiger partial charge in [0.15, 0.2) is 0 Å². The summed E-state index contributed by atoms with van der Waals surface area (Å²) in [4.78, 5) is 4.49. The fourth-order valence-electron chi connectivity index (χ4n) is 2.01. The fourth-order valence-corrected chi connectivity index (χ4v) is 2.61. The maximum absolute atomic E-state index is 5.97. The molecule has 114 valence electrons. The number of aromatic nitrogens is 2. The molecule has 1 heterocycles. The predicted molar refractivity (Wildman–Crippen MR) is 87.1 cm³/mol. The highest BCUT2D eigenvalue weighted by Gasteiger charge is 2.07. The molecule has 1 unspecified atom stereocenters. The third kappa shape index (κ3) is 4.99. The van der Waals surface area contributed by atoms with Gasteiger partial charge in [-0.2, -0.15) is 4.37 Å². The quantitative estimate of drug-likeness (QED) is 0.784. The van der Waals surface area contributed by atoms with Crippen LogP contribution in [0.25, 0.3) is 0 Å². The van der Waals surface area contributed by atoms with Crippen molar-refractivity contribution >= 4 is 16.7 Å². The van der Waals surface area contributed by atoms with Gasteiger partial charge in [0, 0.05) is 30.5 Å². The number of hydrogen-bond donors (Lipinski definition) is 2. The van der Waals surface area contributed by atoms with Crippen LogP contribution in [0.2, 0.25) is 0 Å². The van der Waals surface area contributed by atoms with E-state index in [0.717, 1.165) is 42.5 Å². The van der Waals surface area contributed by atoms with Crippen molar-refractivity contribution in [1.82, 2.24) is 9.36 Å². The number of nitrogens with zero attached hydrogens (tertiary/aromatic N) is 2. The lowest BCUT2D eigenvalue weighted by Gasteiger charge is -2.09. The van der Waals surface area contributed by atoms with Crippen molar-refractivity contribution in [3.05, 3.63) is 35.7 Å². The maximum atomic E-state index is 5.97. The molecular weight excluding hydrogens is 284 g/mol. The van der Waals surface area contributed by atoms with Gasteiger partial charge in [-0.15, -0.1) is 0 Å². The average molecular weight is 306 g/mol. The Morgan fingerprint density at radius 2 is 2.10 bits per heavy atom. The van der Waals surface area contributed by atoms with E-state index < -0.39 is 0 Å². The highest BCUT2D eigenvalue weighted by Crippen LogP contribution is 2.16. The summed E-state index contributed by atoms with van der Waals surface area (Å²) >= 11 is 1.38. The third-order valence-electron chi connectivity index (χ3n) is 3.16. The lowest BCUT2D eigenvalue weighted by atomic mass is 10.1. The SMILES string of the molecule is CCCC(N)CNc1nc(Cc2ccc(OC)cc2)ns1. The minimum Gasteiger partial charge on any atom is -0.497 e. The van der Waals surface area contributed by atoms with E-state index in [1.54, 1.807) is 7.11 Å². The molecule has 0 radical (unpaired) electrons. The Hall–Kier alpha value is -1.66. The summed E-state index contributed by atoms with van der Waals surface area (Å²) in [6.07, 6.45) is 2.84. The van der Waals surface area contributed by atoms with Gasteiger partial charge in [0.05, 0.1) is 7.11 Å². The monoisotopic (exact) mass is 306 g/mol. The molecule has 0 spiro atoms. The second kappa shape index (κ2) is 7.95. The number of benzene rings is 1. The Balaban J connectivity index is 1.87. The number of rotatable bonds is 8. The van der Waals surface area contributed by atoms with E-state index in [0.29, 0.717) is 0 Å². The van der Waals surface area contributed by atoms with Crippen LogP contribution in [0, 0.1) is 0 Å². The van der Waals surface area contributed by atoms with E-state index in [1.165, 1.54) is 17.1 Å². The summed E-state index contributed by atoms with van der Waals surface area (Å²) in [5.41, 5.74) is 7.14. The Morgan fingerprint density at radius 3 is 2.76 bits per heavy atom. The zero-order valence-corrected chi connectivity index (χ0v) is 13.3. The van der Waals surface area contributed by atoms with Crippen LogP contribution in [-0.4, -0.2) is 29.1 Å². The summed E-state index contributed by atoms with van der Waals surface area (Å²) in [7, 11) is 1.66. The molecule has 2 rings (SSSR count). The van der Waals surface area contributed by atoms with Crippen molar-refractivity contribution in [1.29, 1.82) is 0 Å². The molecule has 0 aliphatic carbocycles. The number of hydrogen-bond acceptors (Lipinski definition) is 6. The number of nitrogens with two attached hydrogens (primary N) is 1. The summed E-state index contributed by atoms with van der Waals surface area (Å²) in [6.45, 7) is 2.88. The van der Waals surface area contributed by atoms with E-state index in [-0.39, 0.29) is 6.04 Å². The smallest absolute Gasteiger partial charge is 0.202 e. The van der Waals surface area contributed by atoms with Gasteiger partial charge >= 0.3 is 0 Å². The van der Waals surface area contributed by atoms with Crippen molar-refractivity contribution in [2.75, 3.05) is 19.0 Å². The van der Waals surface area contributed by atoms with Crippen LogP contribution in [-0.2, 0) is 6.42 Å². The Bertz CT molecular complexity index is 541. The van der Waals surface area contributed by atoms with E-state index >= 15 is 0 Å². The minimum atomic E-state index is 0.170. The first-order chi connectivity index (χ1) is 10.2. The number of nitrogens with one attached hydrogen (secondary N) is 1. The normalized spacial score (nSPS) is 12.1. The molecule has 1 aromatic heterocycles. The molecule has 0 bridgehead atoms. The van der Waals surface area contributed by atoms with Crippen LogP contribution >= 0.6 is 11.5 Å². The third-order valence-corrected chi connectivity index (χ3v) is 3.87. The van der Waals surface area contributed by atoms with Crippen molar-refractivity contribution in [2.24, 2.45) is 5.73 Å². The minimum absolute atomic E-state index is 0.170. The zero-order chi connectivity index (χ0) is 15.1. The van der Waals surface area contributed by atoms with Gasteiger partial charge in [-0.25, -0.2) is 4.98 Å². The molecule has 3 N–H and O–H groups in total. The van der Waals surface area contributed by atoms with Crippen LogP contribution < -0.4 is 15.8 Å². The molecule has 0 saturated carbocycles. The first kappa shape index (κ1) is 15.7. The largest absolute Gasteiger partial charge is 0.497 e. The van der Waals surface area contributed by atoms with Gasteiger partial charge in [0.2, 0.25) is 5.13 Å². The van der Waals surface area contributed by atoms with E-state index in [4.69, 9.17) is 10.5 Å². The van der Waals surface area contributed by atoms with Gasteiger partial charge in [-0.3, -0.25) is 0 Å². The fraction of sp³-hybridized carbons (Fsp3) is 0.467. The topological polar surface area (TPSA) is 73.1 Å². The summed E-state index contributed by atoms with van der Waals surface area (Å²) < 4.78 is 9.52. The predicted octanol–water partition coefficient (Wildman–Crippen LogP) is 2.68. The van der Waals surface area contributed by atoms with Crippen LogP contribution in [0.1, 0.15) is 31.2 Å². The van der Waals surface area contributed by atoms with Crippen molar-refractivity contribution in [2.45, 2.75) is 32.2 Å². The number of anilines is 1. The van der Waals surface area contributed by atoms with Gasteiger partial charge in [0.25, 0.3) is 0 Å². The molecule has 1 aromatic carbocycles. The molecule has 2 aromatic rings. The second-order valence-electron chi connectivity index (χ2n) is 4.97. The first-order valence-corrected chi connectivity index (χ1v) is 7.93. The molecule has 0 aliphatic heterocycles. The van der Waals surface area contributed by atoms with Gasteiger partial charge in [-0.05, 0) is 24.1 Å². The standard InChI is InChI=1S/C15H22N4OS/c1-3-4-12(16)10-17-15-18-14(19-21-15)9-11-5-7-13(20-2)8-6-11/h5-8,12H,3-4,9-10,16H2,1-2H3,(H,17,18,19). The summed E-state index contributed by atoms with van der Waals surface area (Å²) in [5.74, 6) is 1.69. The van der Waals surface area contributed by atoms with Crippen molar-refractivity contribution in [3.63, 3.8) is 0 Å². The molecule has 0 fully saturated rings. The molecular formula is C15H22N4OS. The lowest BCUT2D eigenvalue weighted by Crippen LogP contribution is -2.28. The maximum Gasteiger partial charge on any atom is 0.202 e. The van der Waals surface area contributed by atoms with Crippen molar-refractivity contribution < 1.29 is 4.74 Å². The van der Waals surface area contributed by atoms with Gasteiger partial charge < -0.3 is 15.8 Å². The van der Waals surface area contributed by atoms with Gasteiger partial charge in [0.1, 0.15) is 11.6 Å². The average Bonchev–Trinajstić information content (AvgIpc) is 2.94. The van der Waals surface area contributed by atoms with E-state index in [1.807, 2.05) is 24.3 Å². The first-order valence-electron chi connectivity index (χ1n) is 7.16. The Labute approximate surface area is 129 Å². The second-order valence-corrected chi connectivity index (χ2v) is 5.72. The highest BCUT2D eigenvalue weighted by atomic mass is 32.1. The van der Waals surface area contributed by atoms with Crippen LogP contribution in [0.15, 0.2) is 24.3 Å². The zero-order valence-electron chi connectivity index (χ0n) is 12.5. The molecule has 0 amide bonds.